The van der Waals surface area contributed by atoms with E-state index in [9.17, 15) is 18.0 Å². The molecule has 2 rings (SSSR count). The minimum absolute atomic E-state index is 0.0167. The van der Waals surface area contributed by atoms with Crippen molar-refractivity contribution in [3.63, 3.8) is 0 Å². The molecule has 0 bridgehead atoms. The first kappa shape index (κ1) is 19.6. The Balaban J connectivity index is 2.31. The average molecular weight is 403 g/mol. The molecule has 2 N–H and O–H groups in total. The number of halogens is 1. The molecule has 0 aliphatic carbocycles. The highest BCUT2D eigenvalue weighted by atomic mass is 35.5. The number of ether oxygens (including phenoxy) is 1. The lowest BCUT2D eigenvalue weighted by atomic mass is 10.4. The van der Waals surface area contributed by atoms with E-state index in [4.69, 9.17) is 11.6 Å². The molecule has 0 aliphatic heterocycles. The molecule has 2 heterocycles. The fourth-order valence-electron chi connectivity index (χ4n) is 2.17. The van der Waals surface area contributed by atoms with Gasteiger partial charge in [-0.1, -0.05) is 11.6 Å². The molecule has 0 aromatic carbocycles. The SMILES string of the molecule is COC(=O)c1c(S(=O)(=O)NC(=O)Nc2nc(C)cc(Cl)n2)c(C)nn1C. The van der Waals surface area contributed by atoms with Gasteiger partial charge in [0.1, 0.15) is 10.0 Å². The highest BCUT2D eigenvalue weighted by Gasteiger charge is 2.32. The molecular weight excluding hydrogens is 388 g/mol. The van der Waals surface area contributed by atoms with Gasteiger partial charge in [0, 0.05) is 12.7 Å². The summed E-state index contributed by atoms with van der Waals surface area (Å²) in [7, 11) is -1.96. The van der Waals surface area contributed by atoms with Crippen molar-refractivity contribution < 1.29 is 22.7 Å². The third kappa shape index (κ3) is 4.08. The Labute approximate surface area is 153 Å². The zero-order valence-corrected chi connectivity index (χ0v) is 15.8. The first-order valence-electron chi connectivity index (χ1n) is 7.02. The van der Waals surface area contributed by atoms with Gasteiger partial charge in [-0.3, -0.25) is 10.00 Å². The number of hydrogen-bond donors (Lipinski definition) is 2. The van der Waals surface area contributed by atoms with Crippen molar-refractivity contribution >= 4 is 39.6 Å². The highest BCUT2D eigenvalue weighted by Crippen LogP contribution is 2.20. The van der Waals surface area contributed by atoms with E-state index in [1.807, 2.05) is 0 Å². The van der Waals surface area contributed by atoms with Gasteiger partial charge in [0.05, 0.1) is 12.8 Å². The van der Waals surface area contributed by atoms with Gasteiger partial charge in [0.2, 0.25) is 5.95 Å². The van der Waals surface area contributed by atoms with Crippen LogP contribution >= 0.6 is 11.6 Å². The van der Waals surface area contributed by atoms with E-state index >= 15 is 0 Å². The van der Waals surface area contributed by atoms with Crippen LogP contribution in [-0.2, 0) is 21.8 Å². The van der Waals surface area contributed by atoms with E-state index in [1.165, 1.54) is 20.0 Å². The summed E-state index contributed by atoms with van der Waals surface area (Å²) < 4.78 is 32.5. The lowest BCUT2D eigenvalue weighted by Gasteiger charge is -2.09. The quantitative estimate of drug-likeness (QED) is 0.563. The van der Waals surface area contributed by atoms with Crippen LogP contribution in [0.3, 0.4) is 0 Å². The summed E-state index contributed by atoms with van der Waals surface area (Å²) in [5.41, 5.74) is 0.169. The smallest absolute Gasteiger partial charge is 0.357 e. The number of anilines is 1. The van der Waals surface area contributed by atoms with Crippen molar-refractivity contribution in [3.05, 3.63) is 28.3 Å². The second kappa shape index (κ2) is 7.25. The van der Waals surface area contributed by atoms with Gasteiger partial charge in [-0.25, -0.2) is 32.7 Å². The van der Waals surface area contributed by atoms with E-state index in [1.54, 1.807) is 11.6 Å². The summed E-state index contributed by atoms with van der Waals surface area (Å²) in [5.74, 6) is -1.10. The van der Waals surface area contributed by atoms with Crippen molar-refractivity contribution in [1.29, 1.82) is 0 Å². The Morgan fingerprint density at radius 3 is 2.50 bits per heavy atom. The number of aromatic nitrogens is 4. The lowest BCUT2D eigenvalue weighted by molar-refractivity contribution is 0.0583. The minimum atomic E-state index is -4.43. The molecule has 13 heteroatoms. The lowest BCUT2D eigenvalue weighted by Crippen LogP contribution is -2.36. The molecular formula is C13H15ClN6O5S. The van der Waals surface area contributed by atoms with E-state index < -0.39 is 26.9 Å². The topological polar surface area (TPSA) is 145 Å². The molecule has 140 valence electrons. The Morgan fingerprint density at radius 1 is 1.27 bits per heavy atom. The van der Waals surface area contributed by atoms with Gasteiger partial charge in [-0.05, 0) is 19.9 Å². The average Bonchev–Trinajstić information content (AvgIpc) is 2.79. The summed E-state index contributed by atoms with van der Waals surface area (Å²) >= 11 is 5.75. The van der Waals surface area contributed by atoms with Crippen LogP contribution in [0.15, 0.2) is 11.0 Å². The van der Waals surface area contributed by atoms with Crippen molar-refractivity contribution in [3.8, 4) is 0 Å². The van der Waals surface area contributed by atoms with Crippen LogP contribution in [0.4, 0.5) is 10.7 Å². The van der Waals surface area contributed by atoms with Gasteiger partial charge < -0.3 is 4.74 Å². The summed E-state index contributed by atoms with van der Waals surface area (Å²) in [6, 6.07) is 0.328. The Hall–Kier alpha value is -2.73. The van der Waals surface area contributed by atoms with Crippen molar-refractivity contribution in [2.75, 3.05) is 12.4 Å². The number of hydrogen-bond acceptors (Lipinski definition) is 8. The Bertz CT molecular complexity index is 967. The second-order valence-corrected chi connectivity index (χ2v) is 7.10. The second-order valence-electron chi connectivity index (χ2n) is 5.09. The van der Waals surface area contributed by atoms with Gasteiger partial charge in [0.25, 0.3) is 10.0 Å². The summed E-state index contributed by atoms with van der Waals surface area (Å²) in [6.07, 6.45) is 0. The molecule has 0 aliphatic rings. The van der Waals surface area contributed by atoms with E-state index in [2.05, 4.69) is 25.1 Å². The number of aryl methyl sites for hydroxylation is 3. The first-order valence-corrected chi connectivity index (χ1v) is 8.88. The van der Waals surface area contributed by atoms with Gasteiger partial charge >= 0.3 is 12.0 Å². The summed E-state index contributed by atoms with van der Waals surface area (Å²) in [5, 5.41) is 6.12. The molecule has 0 saturated carbocycles. The van der Waals surface area contributed by atoms with E-state index in [-0.39, 0.29) is 22.5 Å². The van der Waals surface area contributed by atoms with Crippen LogP contribution in [-0.4, -0.2) is 47.3 Å². The van der Waals surface area contributed by atoms with Crippen molar-refractivity contribution in [2.24, 2.45) is 7.05 Å². The number of nitrogens with one attached hydrogen (secondary N) is 2. The van der Waals surface area contributed by atoms with Crippen LogP contribution in [0.5, 0.6) is 0 Å². The number of amides is 2. The van der Waals surface area contributed by atoms with Gasteiger partial charge in [-0.2, -0.15) is 5.10 Å². The molecule has 0 saturated heterocycles. The number of esters is 1. The number of sulfonamides is 1. The fraction of sp³-hybridized carbons (Fsp3) is 0.308. The third-order valence-corrected chi connectivity index (χ3v) is 4.76. The zero-order valence-electron chi connectivity index (χ0n) is 14.2. The van der Waals surface area contributed by atoms with Crippen LogP contribution < -0.4 is 10.0 Å². The number of nitrogens with zero attached hydrogens (tertiary/aromatic N) is 4. The minimum Gasteiger partial charge on any atom is -0.464 e. The number of carbonyl (C=O) groups excluding carboxylic acids is 2. The number of rotatable bonds is 4. The predicted octanol–water partition coefficient (Wildman–Crippen LogP) is 0.777. The molecule has 0 atom stereocenters. The standard InChI is InChI=1S/C13H15ClN6O5S/c1-6-5-8(14)16-12(15-6)17-13(22)19-26(23,24)10-7(2)18-20(3)9(10)11(21)25-4/h5H,1-4H3,(H2,15,16,17,19,22). The maximum Gasteiger partial charge on any atom is 0.357 e. The molecule has 0 radical (unpaired) electrons. The Kier molecular flexibility index (Phi) is 5.47. The molecule has 0 spiro atoms. The molecule has 11 nitrogen and oxygen atoms in total. The van der Waals surface area contributed by atoms with Gasteiger partial charge in [-0.15, -0.1) is 0 Å². The molecule has 2 aromatic heterocycles. The molecule has 0 unspecified atom stereocenters. The maximum absolute atomic E-state index is 12.5. The maximum atomic E-state index is 12.5. The van der Waals surface area contributed by atoms with E-state index in [0.29, 0.717) is 5.69 Å². The summed E-state index contributed by atoms with van der Waals surface area (Å²) in [6.45, 7) is 3.00. The molecule has 0 fully saturated rings. The summed E-state index contributed by atoms with van der Waals surface area (Å²) in [4.78, 5) is 31.1. The largest absolute Gasteiger partial charge is 0.464 e. The number of urea groups is 1. The first-order chi connectivity index (χ1) is 12.0. The van der Waals surface area contributed by atoms with E-state index in [0.717, 1.165) is 11.8 Å². The zero-order chi connectivity index (χ0) is 19.6. The normalized spacial score (nSPS) is 11.1. The number of carbonyl (C=O) groups is 2. The number of methoxy groups -OCH3 is 1. The highest BCUT2D eigenvalue weighted by molar-refractivity contribution is 7.90. The van der Waals surface area contributed by atoms with Crippen LogP contribution in [0.2, 0.25) is 5.15 Å². The third-order valence-electron chi connectivity index (χ3n) is 3.09. The van der Waals surface area contributed by atoms with Crippen molar-refractivity contribution in [2.45, 2.75) is 18.7 Å². The van der Waals surface area contributed by atoms with Crippen LogP contribution in [0.25, 0.3) is 0 Å². The predicted molar refractivity (Wildman–Crippen MR) is 90.4 cm³/mol. The van der Waals surface area contributed by atoms with Crippen LogP contribution in [0, 0.1) is 13.8 Å². The van der Waals surface area contributed by atoms with Crippen molar-refractivity contribution in [1.82, 2.24) is 24.5 Å². The monoisotopic (exact) mass is 402 g/mol. The fourth-order valence-corrected chi connectivity index (χ4v) is 3.70. The molecule has 2 amide bonds. The molecule has 2 aromatic rings. The van der Waals surface area contributed by atoms with Gasteiger partial charge in [0.15, 0.2) is 5.69 Å². The Morgan fingerprint density at radius 2 is 1.92 bits per heavy atom. The molecule has 26 heavy (non-hydrogen) atoms. The van der Waals surface area contributed by atoms with Crippen LogP contribution in [0.1, 0.15) is 21.9 Å².